The first-order valence-corrected chi connectivity index (χ1v) is 8.71. The molecule has 24 heavy (non-hydrogen) atoms. The number of para-hydroxylation sites is 1. The van der Waals surface area contributed by atoms with Crippen LogP contribution in [0.25, 0.3) is 10.9 Å². The van der Waals surface area contributed by atoms with Gasteiger partial charge >= 0.3 is 0 Å². The van der Waals surface area contributed by atoms with E-state index in [0.717, 1.165) is 29.7 Å². The van der Waals surface area contributed by atoms with E-state index < -0.39 is 0 Å². The number of benzene rings is 1. The third-order valence-electron chi connectivity index (χ3n) is 4.78. The van der Waals surface area contributed by atoms with E-state index in [9.17, 15) is 9.59 Å². The number of likely N-dealkylation sites (tertiary alicyclic amines) is 1. The van der Waals surface area contributed by atoms with Crippen molar-refractivity contribution < 1.29 is 9.59 Å². The van der Waals surface area contributed by atoms with E-state index in [1.54, 1.807) is 0 Å². The van der Waals surface area contributed by atoms with Crippen LogP contribution in [0.3, 0.4) is 0 Å². The Hall–Kier alpha value is -2.17. The van der Waals surface area contributed by atoms with Crippen LogP contribution in [-0.4, -0.2) is 39.6 Å². The number of hydrogen-bond acceptors (Lipinski definition) is 3. The fourth-order valence-electron chi connectivity index (χ4n) is 3.76. The maximum Gasteiger partial charge on any atom is 0.247 e. The first-order chi connectivity index (χ1) is 11.5. The summed E-state index contributed by atoms with van der Waals surface area (Å²) in [7, 11) is 0. The molecule has 2 atom stereocenters. The van der Waals surface area contributed by atoms with Crippen molar-refractivity contribution in [1.29, 1.82) is 0 Å². The second-order valence-corrected chi connectivity index (χ2v) is 7.15. The largest absolute Gasteiger partial charge is 0.342 e. The van der Waals surface area contributed by atoms with Crippen LogP contribution in [0.4, 0.5) is 0 Å². The maximum absolute atomic E-state index is 12.5. The van der Waals surface area contributed by atoms with Crippen LogP contribution in [0.1, 0.15) is 43.6 Å². The van der Waals surface area contributed by atoms with Crippen molar-refractivity contribution >= 4 is 22.7 Å². The Kier molecular flexibility index (Phi) is 4.69. The lowest BCUT2D eigenvalue weighted by Crippen LogP contribution is -2.42. The molecule has 1 aromatic carbocycles. The van der Waals surface area contributed by atoms with Gasteiger partial charge in [-0.25, -0.2) is 0 Å². The normalized spacial score (nSPS) is 21.2. The lowest BCUT2D eigenvalue weighted by Gasteiger charge is -2.35. The highest BCUT2D eigenvalue weighted by atomic mass is 16.2. The van der Waals surface area contributed by atoms with Crippen molar-refractivity contribution in [1.82, 2.24) is 14.7 Å². The summed E-state index contributed by atoms with van der Waals surface area (Å²) < 4.78 is 1.44. The number of carbonyl (C=O) groups excluding carboxylic acids is 2. The van der Waals surface area contributed by atoms with Crippen molar-refractivity contribution in [2.24, 2.45) is 11.8 Å². The second kappa shape index (κ2) is 6.75. The van der Waals surface area contributed by atoms with Crippen molar-refractivity contribution in [3.05, 3.63) is 30.0 Å². The number of nitrogens with zero attached hydrogens (tertiary/aromatic N) is 3. The average Bonchev–Trinajstić information content (AvgIpc) is 2.89. The maximum atomic E-state index is 12.5. The van der Waals surface area contributed by atoms with Crippen molar-refractivity contribution in [2.45, 2.75) is 40.0 Å². The molecule has 1 saturated heterocycles. The third-order valence-corrected chi connectivity index (χ3v) is 4.78. The standard InChI is InChI=1S/C19H25N3O2/c1-13-10-14(2)12-21(11-13)18(23)8-9-19(24)22-17-7-5-4-6-16(17)15(3)20-22/h4-7,13-14H,8-12H2,1-3H3/t13-,14-/m1/s1. The van der Waals surface area contributed by atoms with Gasteiger partial charge in [0.05, 0.1) is 11.2 Å². The highest BCUT2D eigenvalue weighted by Gasteiger charge is 2.25. The molecule has 128 valence electrons. The van der Waals surface area contributed by atoms with Gasteiger partial charge in [0.15, 0.2) is 0 Å². The first-order valence-electron chi connectivity index (χ1n) is 8.71. The molecule has 2 aromatic rings. The van der Waals surface area contributed by atoms with Gasteiger partial charge in [0, 0.05) is 31.3 Å². The minimum Gasteiger partial charge on any atom is -0.342 e. The molecular formula is C19H25N3O2. The van der Waals surface area contributed by atoms with Crippen molar-refractivity contribution in [3.63, 3.8) is 0 Å². The third kappa shape index (κ3) is 3.35. The number of hydrogen-bond donors (Lipinski definition) is 0. The molecule has 0 bridgehead atoms. The number of fused-ring (bicyclic) bond motifs is 1. The monoisotopic (exact) mass is 327 g/mol. The Bertz CT molecular complexity index is 755. The van der Waals surface area contributed by atoms with E-state index >= 15 is 0 Å². The molecule has 1 aromatic heterocycles. The van der Waals surface area contributed by atoms with Crippen molar-refractivity contribution in [3.8, 4) is 0 Å². The van der Waals surface area contributed by atoms with E-state index in [4.69, 9.17) is 0 Å². The molecule has 0 radical (unpaired) electrons. The molecule has 0 N–H and O–H groups in total. The van der Waals surface area contributed by atoms with Gasteiger partial charge in [-0.1, -0.05) is 32.0 Å². The topological polar surface area (TPSA) is 55.2 Å². The summed E-state index contributed by atoms with van der Waals surface area (Å²) in [6.07, 6.45) is 1.62. The minimum atomic E-state index is -0.120. The molecule has 3 rings (SSSR count). The highest BCUT2D eigenvalue weighted by Crippen LogP contribution is 2.22. The van der Waals surface area contributed by atoms with Crippen LogP contribution in [-0.2, 0) is 4.79 Å². The number of aryl methyl sites for hydroxylation is 1. The minimum absolute atomic E-state index is 0.0786. The predicted molar refractivity (Wildman–Crippen MR) is 93.9 cm³/mol. The number of aromatic nitrogens is 2. The van der Waals surface area contributed by atoms with E-state index in [-0.39, 0.29) is 24.7 Å². The number of amides is 1. The van der Waals surface area contributed by atoms with Crippen LogP contribution in [0.2, 0.25) is 0 Å². The fraction of sp³-hybridized carbons (Fsp3) is 0.526. The van der Waals surface area contributed by atoms with Gasteiger partial charge in [0.2, 0.25) is 11.8 Å². The van der Waals surface area contributed by atoms with E-state index in [1.807, 2.05) is 36.1 Å². The van der Waals surface area contributed by atoms with E-state index in [2.05, 4.69) is 18.9 Å². The summed E-state index contributed by atoms with van der Waals surface area (Å²) in [5.41, 5.74) is 1.65. The van der Waals surface area contributed by atoms with Crippen LogP contribution < -0.4 is 0 Å². The Morgan fingerprint density at radius 3 is 2.42 bits per heavy atom. The van der Waals surface area contributed by atoms with Gasteiger partial charge in [-0.05, 0) is 31.2 Å². The van der Waals surface area contributed by atoms with Crippen molar-refractivity contribution in [2.75, 3.05) is 13.1 Å². The molecular weight excluding hydrogens is 302 g/mol. The summed E-state index contributed by atoms with van der Waals surface area (Å²) in [5, 5.41) is 5.33. The first kappa shape index (κ1) is 16.7. The average molecular weight is 327 g/mol. The number of rotatable bonds is 3. The fourth-order valence-corrected chi connectivity index (χ4v) is 3.76. The lowest BCUT2D eigenvalue weighted by atomic mass is 9.91. The molecule has 1 aliphatic rings. The zero-order valence-corrected chi connectivity index (χ0v) is 14.7. The molecule has 0 unspecified atom stereocenters. The molecule has 5 heteroatoms. The summed E-state index contributed by atoms with van der Waals surface area (Å²) in [4.78, 5) is 26.9. The Morgan fingerprint density at radius 1 is 1.08 bits per heavy atom. The lowest BCUT2D eigenvalue weighted by molar-refractivity contribution is -0.133. The summed E-state index contributed by atoms with van der Waals surface area (Å²) in [5.74, 6) is 1.03. The van der Waals surface area contributed by atoms with E-state index in [0.29, 0.717) is 11.8 Å². The van der Waals surface area contributed by atoms with Gasteiger partial charge < -0.3 is 4.90 Å². The van der Waals surface area contributed by atoms with Gasteiger partial charge in [-0.2, -0.15) is 9.78 Å². The molecule has 0 aliphatic carbocycles. The van der Waals surface area contributed by atoms with Crippen LogP contribution in [0, 0.1) is 18.8 Å². The highest BCUT2D eigenvalue weighted by molar-refractivity contribution is 5.93. The second-order valence-electron chi connectivity index (χ2n) is 7.15. The summed E-state index contributed by atoms with van der Waals surface area (Å²) >= 11 is 0. The van der Waals surface area contributed by atoms with Gasteiger partial charge in [0.1, 0.15) is 0 Å². The molecule has 1 amide bonds. The molecule has 0 spiro atoms. The van der Waals surface area contributed by atoms with E-state index in [1.165, 1.54) is 11.1 Å². The van der Waals surface area contributed by atoms with Gasteiger partial charge in [-0.3, -0.25) is 9.59 Å². The van der Waals surface area contributed by atoms with Crippen LogP contribution >= 0.6 is 0 Å². The van der Waals surface area contributed by atoms with Crippen LogP contribution in [0.15, 0.2) is 24.3 Å². The number of carbonyl (C=O) groups is 2. The van der Waals surface area contributed by atoms with Crippen LogP contribution in [0.5, 0.6) is 0 Å². The quantitative estimate of drug-likeness (QED) is 0.869. The Morgan fingerprint density at radius 2 is 1.71 bits per heavy atom. The summed E-state index contributed by atoms with van der Waals surface area (Å²) in [6.45, 7) is 7.87. The molecule has 2 heterocycles. The van der Waals surface area contributed by atoms with Gasteiger partial charge in [0.25, 0.3) is 0 Å². The summed E-state index contributed by atoms with van der Waals surface area (Å²) in [6, 6.07) is 7.69. The predicted octanol–water partition coefficient (Wildman–Crippen LogP) is 3.27. The smallest absolute Gasteiger partial charge is 0.247 e. The number of piperidine rings is 1. The molecule has 1 aliphatic heterocycles. The van der Waals surface area contributed by atoms with Gasteiger partial charge in [-0.15, -0.1) is 0 Å². The Balaban J connectivity index is 1.65. The molecule has 0 saturated carbocycles. The zero-order valence-electron chi connectivity index (χ0n) is 14.7. The SMILES string of the molecule is Cc1nn(C(=O)CCC(=O)N2C[C@H](C)C[C@@H](C)C2)c2ccccc12. The molecule has 5 nitrogen and oxygen atoms in total. The Labute approximate surface area is 142 Å². The molecule has 1 fully saturated rings. The zero-order chi connectivity index (χ0) is 17.3.